The summed E-state index contributed by atoms with van der Waals surface area (Å²) in [6, 6.07) is 33.2. The Bertz CT molecular complexity index is 2780. The molecule has 4 aromatic carbocycles. The number of fused-ring (bicyclic) bond motifs is 7. The number of hydrogen-bond acceptors (Lipinski definition) is 2. The van der Waals surface area contributed by atoms with E-state index >= 15 is 0 Å². The molecule has 6 nitrogen and oxygen atoms in total. The second-order valence-corrected chi connectivity index (χ2v) is 15.1. The molecule has 0 radical (unpaired) electrons. The van der Waals surface area contributed by atoms with E-state index in [1.807, 2.05) is 12.4 Å². The van der Waals surface area contributed by atoms with Gasteiger partial charge in [0.15, 0.2) is 11.1 Å². The van der Waals surface area contributed by atoms with Gasteiger partial charge in [0.1, 0.15) is 28.3 Å². The van der Waals surface area contributed by atoms with E-state index in [0.717, 1.165) is 23.0 Å². The van der Waals surface area contributed by atoms with Crippen LogP contribution in [0, 0.1) is 13.8 Å². The van der Waals surface area contributed by atoms with Crippen molar-refractivity contribution >= 4 is 21.8 Å². The van der Waals surface area contributed by atoms with E-state index in [1.54, 1.807) is 0 Å². The fourth-order valence-electron chi connectivity index (χ4n) is 9.18. The third kappa shape index (κ3) is 3.27. The molecule has 1 unspecified atom stereocenters. The quantitative estimate of drug-likeness (QED) is 0.176. The van der Waals surface area contributed by atoms with Gasteiger partial charge in [-0.3, -0.25) is 4.98 Å². The Morgan fingerprint density at radius 3 is 2.32 bits per heavy atom. The molecule has 7 heterocycles. The molecule has 0 fully saturated rings. The van der Waals surface area contributed by atoms with Crippen LogP contribution in [0.2, 0.25) is 0 Å². The number of aromatic nitrogens is 5. The van der Waals surface area contributed by atoms with Crippen LogP contribution in [0.15, 0.2) is 122 Å². The Labute approximate surface area is 290 Å². The van der Waals surface area contributed by atoms with E-state index in [2.05, 4.69) is 168 Å². The van der Waals surface area contributed by atoms with Gasteiger partial charge >= 0.3 is 5.66 Å². The SMILES string of the molecule is Cc1cc(-c2ccncc2)cc(C)c1-c1cn2[n+](c1)C13c4c(cccc4-2)Oc2ccc4c5ccccc5n(c4c21)-c1cc(C(C)(C)C)cc[n+]13. The highest BCUT2D eigenvalue weighted by Crippen LogP contribution is 2.55. The summed E-state index contributed by atoms with van der Waals surface area (Å²) >= 11 is 0. The van der Waals surface area contributed by atoms with Crippen molar-refractivity contribution < 1.29 is 14.0 Å². The average Bonchev–Trinajstić information content (AvgIpc) is 3.77. The maximum atomic E-state index is 6.87. The van der Waals surface area contributed by atoms with Crippen LogP contribution in [-0.2, 0) is 11.1 Å². The third-order valence-electron chi connectivity index (χ3n) is 11.3. The zero-order chi connectivity index (χ0) is 33.7. The third-order valence-corrected chi connectivity index (χ3v) is 11.3. The van der Waals surface area contributed by atoms with Gasteiger partial charge in [0, 0.05) is 29.2 Å². The van der Waals surface area contributed by atoms with Crippen LogP contribution in [0.1, 0.15) is 48.6 Å². The van der Waals surface area contributed by atoms with E-state index in [1.165, 1.54) is 71.9 Å². The second kappa shape index (κ2) is 9.16. The maximum Gasteiger partial charge on any atom is 0.397 e. The van der Waals surface area contributed by atoms with Crippen molar-refractivity contribution in [1.82, 2.24) is 14.2 Å². The van der Waals surface area contributed by atoms with Crippen molar-refractivity contribution in [2.24, 2.45) is 0 Å². The zero-order valence-corrected chi connectivity index (χ0v) is 28.7. The van der Waals surface area contributed by atoms with Gasteiger partial charge in [0.2, 0.25) is 6.20 Å². The highest BCUT2D eigenvalue weighted by atomic mass is 16.5. The first kappa shape index (κ1) is 27.9. The van der Waals surface area contributed by atoms with Crippen molar-refractivity contribution in [3.8, 4) is 45.3 Å². The van der Waals surface area contributed by atoms with Crippen molar-refractivity contribution in [2.45, 2.75) is 45.7 Å². The summed E-state index contributed by atoms with van der Waals surface area (Å²) in [5, 5.41) is 2.48. The highest BCUT2D eigenvalue weighted by Gasteiger charge is 2.68. The predicted molar refractivity (Wildman–Crippen MR) is 195 cm³/mol. The Morgan fingerprint density at radius 1 is 0.740 bits per heavy atom. The lowest BCUT2D eigenvalue weighted by Crippen LogP contribution is -2.76. The lowest BCUT2D eigenvalue weighted by atomic mass is 9.83. The molecule has 3 aliphatic heterocycles. The van der Waals surface area contributed by atoms with Gasteiger partial charge in [-0.25, -0.2) is 0 Å². The summed E-state index contributed by atoms with van der Waals surface area (Å²) in [5.41, 5.74) is 13.7. The minimum atomic E-state index is -0.716. The minimum absolute atomic E-state index is 0.0239. The van der Waals surface area contributed by atoms with Crippen LogP contribution < -0.4 is 14.0 Å². The number of ether oxygens (including phenoxy) is 1. The molecule has 1 atom stereocenters. The fourth-order valence-corrected chi connectivity index (χ4v) is 9.18. The number of aryl methyl sites for hydroxylation is 2. The molecule has 0 saturated carbocycles. The molecule has 0 N–H and O–H groups in total. The van der Waals surface area contributed by atoms with Crippen LogP contribution >= 0.6 is 0 Å². The first-order valence-electron chi connectivity index (χ1n) is 17.4. The number of benzene rings is 4. The van der Waals surface area contributed by atoms with Crippen LogP contribution in [-0.4, -0.2) is 14.2 Å². The summed E-state index contributed by atoms with van der Waals surface area (Å²) in [5.74, 6) is 2.93. The molecular weight excluding hydrogens is 615 g/mol. The molecule has 0 saturated heterocycles. The van der Waals surface area contributed by atoms with Gasteiger partial charge in [0.25, 0.3) is 5.82 Å². The summed E-state index contributed by atoms with van der Waals surface area (Å²) in [6.45, 7) is 11.4. The molecule has 3 aliphatic rings. The molecule has 1 spiro atoms. The van der Waals surface area contributed by atoms with E-state index in [4.69, 9.17) is 4.74 Å². The Hall–Kier alpha value is -6.01. The minimum Gasteiger partial charge on any atom is -0.456 e. The zero-order valence-electron chi connectivity index (χ0n) is 28.7. The van der Waals surface area contributed by atoms with Crippen LogP contribution in [0.3, 0.4) is 0 Å². The molecule has 0 bridgehead atoms. The predicted octanol–water partition coefficient (Wildman–Crippen LogP) is 8.82. The van der Waals surface area contributed by atoms with Crippen LogP contribution in [0.25, 0.3) is 55.6 Å². The molecule has 240 valence electrons. The molecule has 0 aliphatic carbocycles. The monoisotopic (exact) mass is 649 g/mol. The summed E-state index contributed by atoms with van der Waals surface area (Å²) in [6.07, 6.45) is 10.7. The molecule has 11 rings (SSSR count). The summed E-state index contributed by atoms with van der Waals surface area (Å²) in [4.78, 5) is 4.23. The van der Waals surface area contributed by atoms with Gasteiger partial charge < -0.3 is 4.74 Å². The maximum absolute atomic E-state index is 6.87. The number of nitrogens with zero attached hydrogens (tertiary/aromatic N) is 5. The van der Waals surface area contributed by atoms with E-state index < -0.39 is 5.66 Å². The van der Waals surface area contributed by atoms with Crippen molar-refractivity contribution in [2.75, 3.05) is 0 Å². The number of para-hydroxylation sites is 1. The highest BCUT2D eigenvalue weighted by molar-refractivity contribution is 6.11. The fraction of sp³-hybridized carbons (Fsp3) is 0.159. The molecule has 4 aromatic heterocycles. The standard InChI is InChI=1S/C44H35N5O/c1-26-21-29(28-15-18-45-19-16-28)22-27(2)39(26)30-24-47-35-11-8-12-36-40(35)44(48(47)25-30)41-37(50-36)14-13-33-32-9-6-7-10-34(32)49(42(33)41)38-23-31(43(3,4)5)17-20-46(38)44/h6-25H,1-5H3/q+2. The lowest BCUT2D eigenvalue weighted by Gasteiger charge is -2.33. The van der Waals surface area contributed by atoms with Gasteiger partial charge in [0.05, 0.1) is 18.0 Å². The number of pyridine rings is 2. The smallest absolute Gasteiger partial charge is 0.397 e. The topological polar surface area (TPSA) is 39.7 Å². The second-order valence-electron chi connectivity index (χ2n) is 15.1. The van der Waals surface area contributed by atoms with Gasteiger partial charge in [-0.15, -0.1) is 4.68 Å². The normalized spacial score (nSPS) is 16.3. The number of rotatable bonds is 2. The first-order chi connectivity index (χ1) is 24.2. The van der Waals surface area contributed by atoms with Crippen LogP contribution in [0.5, 0.6) is 11.5 Å². The van der Waals surface area contributed by atoms with Gasteiger partial charge in [-0.05, 0) is 107 Å². The van der Waals surface area contributed by atoms with E-state index in [9.17, 15) is 0 Å². The van der Waals surface area contributed by atoms with E-state index in [-0.39, 0.29) is 5.41 Å². The van der Waals surface area contributed by atoms with Crippen molar-refractivity contribution in [3.63, 3.8) is 0 Å². The Morgan fingerprint density at radius 2 is 1.52 bits per heavy atom. The van der Waals surface area contributed by atoms with Gasteiger partial charge in [-0.1, -0.05) is 55.8 Å². The molecule has 8 aromatic rings. The molecule has 50 heavy (non-hydrogen) atoms. The Kier molecular flexibility index (Phi) is 5.11. The molecule has 0 amide bonds. The lowest BCUT2D eigenvalue weighted by molar-refractivity contribution is -0.993. The van der Waals surface area contributed by atoms with E-state index in [0.29, 0.717) is 0 Å². The summed E-state index contributed by atoms with van der Waals surface area (Å²) in [7, 11) is 0. The van der Waals surface area contributed by atoms with Gasteiger partial charge in [-0.2, -0.15) is 9.13 Å². The molecular formula is C44H35N5O+2. The number of hydrogen-bond donors (Lipinski definition) is 0. The van der Waals surface area contributed by atoms with Crippen molar-refractivity contribution in [3.05, 3.63) is 150 Å². The summed E-state index contributed by atoms with van der Waals surface area (Å²) < 4.78 is 16.7. The largest absolute Gasteiger partial charge is 0.456 e. The Balaban J connectivity index is 1.27. The van der Waals surface area contributed by atoms with Crippen molar-refractivity contribution in [1.29, 1.82) is 0 Å². The molecule has 6 heteroatoms. The average molecular weight is 650 g/mol. The first-order valence-corrected chi connectivity index (χ1v) is 17.4. The van der Waals surface area contributed by atoms with Crippen LogP contribution in [0.4, 0.5) is 0 Å².